The predicted molar refractivity (Wildman–Crippen MR) is 67.8 cm³/mol. The van der Waals surface area contributed by atoms with E-state index in [-0.39, 0.29) is 6.42 Å². The van der Waals surface area contributed by atoms with Crippen molar-refractivity contribution < 1.29 is 9.90 Å². The summed E-state index contributed by atoms with van der Waals surface area (Å²) < 4.78 is 1.75. The van der Waals surface area contributed by atoms with Gasteiger partial charge in [-0.05, 0) is 20.3 Å². The number of hydrogen-bond acceptors (Lipinski definition) is 3. The molecule has 0 bridgehead atoms. The van der Waals surface area contributed by atoms with E-state index in [2.05, 4.69) is 17.0 Å². The molecule has 18 heavy (non-hydrogen) atoms. The lowest BCUT2D eigenvalue weighted by Crippen LogP contribution is -2.10. The molecule has 0 saturated heterocycles. The molecular weight excluding hydrogens is 230 g/mol. The molecular formula is C13H17N3O2. The van der Waals surface area contributed by atoms with Crippen molar-refractivity contribution in [2.24, 2.45) is 0 Å². The second kappa shape index (κ2) is 4.76. The standard InChI is InChI=1S/C13H17N3O2/c1-4-5-10-6-12-14-8(2)11(7-13(17)18)9(3)16(12)15-10/h6H,4-5,7H2,1-3H3,(H,17,18). The third-order valence-electron chi connectivity index (χ3n) is 3.05. The molecule has 96 valence electrons. The number of aromatic nitrogens is 3. The van der Waals surface area contributed by atoms with E-state index in [4.69, 9.17) is 5.11 Å². The van der Waals surface area contributed by atoms with Gasteiger partial charge in [0, 0.05) is 23.0 Å². The molecule has 2 rings (SSSR count). The lowest BCUT2D eigenvalue weighted by molar-refractivity contribution is -0.136. The van der Waals surface area contributed by atoms with Gasteiger partial charge in [0.25, 0.3) is 0 Å². The lowest BCUT2D eigenvalue weighted by Gasteiger charge is -2.08. The van der Waals surface area contributed by atoms with Crippen molar-refractivity contribution in [3.63, 3.8) is 0 Å². The van der Waals surface area contributed by atoms with Gasteiger partial charge in [-0.3, -0.25) is 4.79 Å². The fraction of sp³-hybridized carbons (Fsp3) is 0.462. The fourth-order valence-corrected chi connectivity index (χ4v) is 2.16. The summed E-state index contributed by atoms with van der Waals surface area (Å²) in [7, 11) is 0. The summed E-state index contributed by atoms with van der Waals surface area (Å²) in [6, 6.07) is 1.97. The SMILES string of the molecule is CCCc1cc2nc(C)c(CC(=O)O)c(C)n2n1. The van der Waals surface area contributed by atoms with Crippen molar-refractivity contribution in [3.8, 4) is 0 Å². The van der Waals surface area contributed by atoms with E-state index in [1.165, 1.54) is 0 Å². The molecule has 0 spiro atoms. The number of aryl methyl sites for hydroxylation is 3. The average Bonchev–Trinajstić information content (AvgIpc) is 2.67. The van der Waals surface area contributed by atoms with Crippen molar-refractivity contribution in [2.45, 2.75) is 40.0 Å². The number of carboxylic acid groups (broad SMARTS) is 1. The van der Waals surface area contributed by atoms with Crippen LogP contribution < -0.4 is 0 Å². The summed E-state index contributed by atoms with van der Waals surface area (Å²) in [5.74, 6) is -0.844. The zero-order chi connectivity index (χ0) is 13.3. The number of nitrogens with zero attached hydrogens (tertiary/aromatic N) is 3. The third-order valence-corrected chi connectivity index (χ3v) is 3.05. The van der Waals surface area contributed by atoms with Crippen LogP contribution in [0.5, 0.6) is 0 Å². The maximum atomic E-state index is 10.9. The quantitative estimate of drug-likeness (QED) is 0.896. The van der Waals surface area contributed by atoms with Gasteiger partial charge >= 0.3 is 5.97 Å². The van der Waals surface area contributed by atoms with Crippen LogP contribution in [0.3, 0.4) is 0 Å². The van der Waals surface area contributed by atoms with Gasteiger partial charge < -0.3 is 5.11 Å². The zero-order valence-corrected chi connectivity index (χ0v) is 10.9. The van der Waals surface area contributed by atoms with E-state index in [1.807, 2.05) is 19.9 Å². The smallest absolute Gasteiger partial charge is 0.307 e. The van der Waals surface area contributed by atoms with Gasteiger partial charge in [-0.25, -0.2) is 9.50 Å². The van der Waals surface area contributed by atoms with Crippen LogP contribution >= 0.6 is 0 Å². The van der Waals surface area contributed by atoms with E-state index in [1.54, 1.807) is 4.52 Å². The second-order valence-corrected chi connectivity index (χ2v) is 4.49. The van der Waals surface area contributed by atoms with Crippen molar-refractivity contribution in [1.82, 2.24) is 14.6 Å². The minimum absolute atomic E-state index is 0.0103. The van der Waals surface area contributed by atoms with E-state index in [9.17, 15) is 4.79 Å². The molecule has 0 radical (unpaired) electrons. The van der Waals surface area contributed by atoms with Crippen molar-refractivity contribution in [3.05, 3.63) is 28.7 Å². The first-order valence-electron chi connectivity index (χ1n) is 6.09. The number of carboxylic acids is 1. The van der Waals surface area contributed by atoms with Gasteiger partial charge in [0.15, 0.2) is 5.65 Å². The topological polar surface area (TPSA) is 67.5 Å². The summed E-state index contributed by atoms with van der Waals surface area (Å²) in [5, 5.41) is 13.4. The van der Waals surface area contributed by atoms with Gasteiger partial charge in [0.05, 0.1) is 12.1 Å². The Bertz CT molecular complexity index is 602. The van der Waals surface area contributed by atoms with E-state index in [0.29, 0.717) is 0 Å². The minimum atomic E-state index is -0.844. The highest BCUT2D eigenvalue weighted by Gasteiger charge is 2.14. The zero-order valence-electron chi connectivity index (χ0n) is 10.9. The first-order chi connectivity index (χ1) is 8.52. The summed E-state index contributed by atoms with van der Waals surface area (Å²) in [5.41, 5.74) is 4.18. The monoisotopic (exact) mass is 247 g/mol. The molecule has 0 atom stereocenters. The van der Waals surface area contributed by atoms with Crippen LogP contribution in [0.25, 0.3) is 5.65 Å². The molecule has 0 amide bonds. The Balaban J connectivity index is 2.57. The number of fused-ring (bicyclic) bond motifs is 1. The summed E-state index contributed by atoms with van der Waals surface area (Å²) in [6.45, 7) is 5.84. The largest absolute Gasteiger partial charge is 0.481 e. The highest BCUT2D eigenvalue weighted by molar-refractivity contribution is 5.71. The van der Waals surface area contributed by atoms with Crippen LogP contribution in [-0.2, 0) is 17.6 Å². The van der Waals surface area contributed by atoms with Crippen LogP contribution in [0.2, 0.25) is 0 Å². The van der Waals surface area contributed by atoms with Crippen LogP contribution in [0.4, 0.5) is 0 Å². The molecule has 2 aromatic heterocycles. The Hall–Kier alpha value is -1.91. The van der Waals surface area contributed by atoms with E-state index < -0.39 is 5.97 Å². The van der Waals surface area contributed by atoms with Gasteiger partial charge in [-0.15, -0.1) is 0 Å². The normalized spacial score (nSPS) is 11.1. The molecule has 2 aromatic rings. The lowest BCUT2D eigenvalue weighted by atomic mass is 10.1. The summed E-state index contributed by atoms with van der Waals surface area (Å²) >= 11 is 0. The molecule has 5 heteroatoms. The predicted octanol–water partition coefficient (Wildman–Crippen LogP) is 1.93. The summed E-state index contributed by atoms with van der Waals surface area (Å²) in [4.78, 5) is 15.3. The molecule has 1 N–H and O–H groups in total. The summed E-state index contributed by atoms with van der Waals surface area (Å²) in [6.07, 6.45) is 1.93. The Morgan fingerprint density at radius 1 is 1.44 bits per heavy atom. The first kappa shape index (κ1) is 12.5. The van der Waals surface area contributed by atoms with Gasteiger partial charge in [0.2, 0.25) is 0 Å². The van der Waals surface area contributed by atoms with E-state index in [0.717, 1.165) is 41.1 Å². The Morgan fingerprint density at radius 2 is 2.17 bits per heavy atom. The second-order valence-electron chi connectivity index (χ2n) is 4.49. The number of hydrogen-bond donors (Lipinski definition) is 1. The molecule has 0 aromatic carbocycles. The highest BCUT2D eigenvalue weighted by Crippen LogP contribution is 2.16. The van der Waals surface area contributed by atoms with Crippen molar-refractivity contribution in [1.29, 1.82) is 0 Å². The molecule has 5 nitrogen and oxygen atoms in total. The Labute approximate surface area is 105 Å². The number of carbonyl (C=O) groups is 1. The average molecular weight is 247 g/mol. The molecule has 0 aliphatic rings. The fourth-order valence-electron chi connectivity index (χ4n) is 2.16. The highest BCUT2D eigenvalue weighted by atomic mass is 16.4. The molecule has 2 heterocycles. The van der Waals surface area contributed by atoms with Crippen LogP contribution in [0.15, 0.2) is 6.07 Å². The van der Waals surface area contributed by atoms with Gasteiger partial charge in [-0.2, -0.15) is 5.10 Å². The maximum Gasteiger partial charge on any atom is 0.307 e. The van der Waals surface area contributed by atoms with Crippen molar-refractivity contribution in [2.75, 3.05) is 0 Å². The van der Waals surface area contributed by atoms with Crippen LogP contribution in [0.1, 0.15) is 36.0 Å². The van der Waals surface area contributed by atoms with Gasteiger partial charge in [-0.1, -0.05) is 13.3 Å². The molecule has 0 unspecified atom stereocenters. The third kappa shape index (κ3) is 2.20. The first-order valence-corrected chi connectivity index (χ1v) is 6.09. The molecule has 0 fully saturated rings. The number of aliphatic carboxylic acids is 1. The van der Waals surface area contributed by atoms with Crippen LogP contribution in [0, 0.1) is 13.8 Å². The minimum Gasteiger partial charge on any atom is -0.481 e. The van der Waals surface area contributed by atoms with E-state index >= 15 is 0 Å². The Morgan fingerprint density at radius 3 is 2.78 bits per heavy atom. The number of rotatable bonds is 4. The Kier molecular flexibility index (Phi) is 3.32. The van der Waals surface area contributed by atoms with Crippen molar-refractivity contribution >= 4 is 11.6 Å². The molecule has 0 aliphatic heterocycles. The maximum absolute atomic E-state index is 10.9. The van der Waals surface area contributed by atoms with Gasteiger partial charge in [0.1, 0.15) is 0 Å². The molecule has 0 saturated carbocycles. The van der Waals surface area contributed by atoms with Crippen LogP contribution in [-0.4, -0.2) is 25.7 Å². The molecule has 0 aliphatic carbocycles.